The number of nitrogen functional groups attached to an aromatic ring is 1. The average Bonchev–Trinajstić information content (AvgIpc) is 1.82. The third-order valence-electron chi connectivity index (χ3n) is 1.04. The molecular weight excluding hydrogens is 281 g/mol. The first kappa shape index (κ1) is 8.37. The monoisotopic (exact) mass is 283 g/mol. The largest absolute Gasteiger partial charge is 0.397 e. The van der Waals surface area contributed by atoms with E-state index < -0.39 is 0 Å². The molecule has 0 amide bonds. The molecule has 0 radical (unpaired) electrons. The van der Waals surface area contributed by atoms with Crippen LogP contribution in [0.25, 0.3) is 0 Å². The van der Waals surface area contributed by atoms with Gasteiger partial charge < -0.3 is 5.73 Å². The van der Waals surface area contributed by atoms with Crippen LogP contribution in [-0.4, -0.2) is 0 Å². The van der Waals surface area contributed by atoms with Crippen molar-refractivity contribution in [1.82, 2.24) is 0 Å². The molecule has 1 rings (SSSR count). The van der Waals surface area contributed by atoms with Crippen LogP contribution in [0, 0.1) is 0 Å². The Morgan fingerprint density at radius 1 is 1.30 bits per heavy atom. The van der Waals surface area contributed by atoms with Crippen LogP contribution in [0.1, 0.15) is 0 Å². The summed E-state index contributed by atoms with van der Waals surface area (Å²) in [5.74, 6) is 0. The number of halogens is 3. The molecule has 0 aliphatic rings. The number of hydrogen-bond donors (Lipinski definition) is 1. The van der Waals surface area contributed by atoms with E-state index in [9.17, 15) is 0 Å². The van der Waals surface area contributed by atoms with E-state index in [2.05, 4.69) is 31.9 Å². The summed E-state index contributed by atoms with van der Waals surface area (Å²) < 4.78 is 1.73. The summed E-state index contributed by atoms with van der Waals surface area (Å²) in [6.45, 7) is 0. The molecule has 0 atom stereocenters. The van der Waals surface area contributed by atoms with Crippen molar-refractivity contribution in [2.75, 3.05) is 5.73 Å². The second-order valence-corrected chi connectivity index (χ2v) is 3.96. The molecule has 0 saturated heterocycles. The molecule has 0 aromatic heterocycles. The van der Waals surface area contributed by atoms with E-state index in [0.717, 1.165) is 8.95 Å². The minimum absolute atomic E-state index is 0.557. The van der Waals surface area contributed by atoms with Gasteiger partial charge >= 0.3 is 0 Å². The zero-order valence-corrected chi connectivity index (χ0v) is 8.79. The zero-order valence-electron chi connectivity index (χ0n) is 4.87. The highest BCUT2D eigenvalue weighted by atomic mass is 79.9. The minimum atomic E-state index is 0.557. The molecule has 0 aliphatic carbocycles. The van der Waals surface area contributed by atoms with Crippen LogP contribution in [0.5, 0.6) is 0 Å². The Balaban J connectivity index is 3.31. The van der Waals surface area contributed by atoms with E-state index in [4.69, 9.17) is 17.3 Å². The number of anilines is 1. The maximum atomic E-state index is 5.73. The topological polar surface area (TPSA) is 26.0 Å². The lowest BCUT2D eigenvalue weighted by Gasteiger charge is -2.00. The van der Waals surface area contributed by atoms with Gasteiger partial charge in [0.1, 0.15) is 0 Å². The van der Waals surface area contributed by atoms with Gasteiger partial charge in [0.05, 0.1) is 10.7 Å². The summed E-state index contributed by atoms with van der Waals surface area (Å²) in [6.07, 6.45) is 0. The van der Waals surface area contributed by atoms with Gasteiger partial charge in [0.15, 0.2) is 0 Å². The molecule has 2 N–H and O–H groups in total. The second-order valence-electron chi connectivity index (χ2n) is 1.78. The van der Waals surface area contributed by atoms with E-state index in [1.165, 1.54) is 0 Å². The summed E-state index contributed by atoms with van der Waals surface area (Å²) in [5, 5.41) is 0.557. The molecule has 10 heavy (non-hydrogen) atoms. The molecule has 0 fully saturated rings. The number of hydrogen-bond acceptors (Lipinski definition) is 1. The van der Waals surface area contributed by atoms with Crippen molar-refractivity contribution in [2.45, 2.75) is 0 Å². The van der Waals surface area contributed by atoms with Crippen LogP contribution in [0.3, 0.4) is 0 Å². The first-order valence-corrected chi connectivity index (χ1v) is 4.47. The lowest BCUT2D eigenvalue weighted by molar-refractivity contribution is 1.59. The zero-order chi connectivity index (χ0) is 7.72. The summed E-state index contributed by atoms with van der Waals surface area (Å²) in [7, 11) is 0. The van der Waals surface area contributed by atoms with E-state index in [-0.39, 0.29) is 0 Å². The quantitative estimate of drug-likeness (QED) is 0.726. The highest BCUT2D eigenvalue weighted by molar-refractivity contribution is 9.11. The summed E-state index contributed by atoms with van der Waals surface area (Å²) >= 11 is 12.3. The third kappa shape index (κ3) is 1.65. The maximum Gasteiger partial charge on any atom is 0.0658 e. The van der Waals surface area contributed by atoms with Crippen molar-refractivity contribution in [3.05, 3.63) is 26.1 Å². The van der Waals surface area contributed by atoms with Crippen molar-refractivity contribution in [3.63, 3.8) is 0 Å². The fourth-order valence-corrected chi connectivity index (χ4v) is 2.24. The van der Waals surface area contributed by atoms with Gasteiger partial charge in [0, 0.05) is 8.95 Å². The Hall–Kier alpha value is 0.270. The van der Waals surface area contributed by atoms with Crippen LogP contribution >= 0.6 is 43.5 Å². The van der Waals surface area contributed by atoms with E-state index >= 15 is 0 Å². The molecular formula is C6H4Br2ClN. The van der Waals surface area contributed by atoms with Crippen molar-refractivity contribution >= 4 is 49.1 Å². The van der Waals surface area contributed by atoms with Gasteiger partial charge in [-0.05, 0) is 28.1 Å². The van der Waals surface area contributed by atoms with Gasteiger partial charge in [-0.2, -0.15) is 0 Å². The Bertz CT molecular complexity index is 239. The molecule has 0 heterocycles. The Morgan fingerprint density at radius 3 is 2.40 bits per heavy atom. The smallest absolute Gasteiger partial charge is 0.0658 e. The fourth-order valence-electron chi connectivity index (χ4n) is 0.553. The van der Waals surface area contributed by atoms with Crippen molar-refractivity contribution in [1.29, 1.82) is 0 Å². The first-order valence-electron chi connectivity index (χ1n) is 2.51. The van der Waals surface area contributed by atoms with Gasteiger partial charge in [0.25, 0.3) is 0 Å². The lowest BCUT2D eigenvalue weighted by atomic mass is 10.3. The van der Waals surface area contributed by atoms with E-state index in [1.807, 2.05) is 6.07 Å². The van der Waals surface area contributed by atoms with Gasteiger partial charge in [-0.15, -0.1) is 0 Å². The summed E-state index contributed by atoms with van der Waals surface area (Å²) in [4.78, 5) is 0. The number of nitrogens with two attached hydrogens (primary N) is 1. The van der Waals surface area contributed by atoms with Crippen molar-refractivity contribution in [2.24, 2.45) is 0 Å². The Kier molecular flexibility index (Phi) is 2.61. The normalized spacial score (nSPS) is 9.90. The van der Waals surface area contributed by atoms with Crippen LogP contribution in [0.2, 0.25) is 5.02 Å². The van der Waals surface area contributed by atoms with Crippen LogP contribution in [-0.2, 0) is 0 Å². The third-order valence-corrected chi connectivity index (χ3v) is 2.47. The Morgan fingerprint density at radius 2 is 1.90 bits per heavy atom. The average molecular weight is 285 g/mol. The minimum Gasteiger partial charge on any atom is -0.397 e. The number of rotatable bonds is 0. The molecule has 4 heteroatoms. The predicted octanol–water partition coefficient (Wildman–Crippen LogP) is 3.45. The predicted molar refractivity (Wildman–Crippen MR) is 51.3 cm³/mol. The van der Waals surface area contributed by atoms with Crippen molar-refractivity contribution in [3.8, 4) is 0 Å². The second kappa shape index (κ2) is 3.11. The van der Waals surface area contributed by atoms with Gasteiger partial charge in [-0.3, -0.25) is 0 Å². The molecule has 1 nitrogen and oxygen atoms in total. The van der Waals surface area contributed by atoms with Crippen LogP contribution < -0.4 is 5.73 Å². The molecule has 0 aliphatic heterocycles. The SMILES string of the molecule is Nc1c(Cl)cc(Br)cc1Br. The molecule has 54 valence electrons. The first-order chi connectivity index (χ1) is 4.61. The molecule has 0 bridgehead atoms. The van der Waals surface area contributed by atoms with E-state index in [1.54, 1.807) is 6.07 Å². The Labute approximate surface area is 80.8 Å². The van der Waals surface area contributed by atoms with Gasteiger partial charge in [0.2, 0.25) is 0 Å². The van der Waals surface area contributed by atoms with E-state index in [0.29, 0.717) is 10.7 Å². The lowest BCUT2D eigenvalue weighted by Crippen LogP contribution is -1.87. The molecule has 1 aromatic carbocycles. The summed E-state index contributed by atoms with van der Waals surface area (Å²) in [5.41, 5.74) is 6.13. The van der Waals surface area contributed by atoms with Gasteiger partial charge in [-0.1, -0.05) is 27.5 Å². The fraction of sp³-hybridized carbons (Fsp3) is 0. The molecule has 1 aromatic rings. The summed E-state index contributed by atoms with van der Waals surface area (Å²) in [6, 6.07) is 3.60. The van der Waals surface area contributed by atoms with Crippen molar-refractivity contribution < 1.29 is 0 Å². The van der Waals surface area contributed by atoms with Crippen LogP contribution in [0.4, 0.5) is 5.69 Å². The molecule has 0 spiro atoms. The molecule has 0 unspecified atom stereocenters. The van der Waals surface area contributed by atoms with Gasteiger partial charge in [-0.25, -0.2) is 0 Å². The standard InChI is InChI=1S/C6H4Br2ClN/c7-3-1-4(8)6(10)5(9)2-3/h1-2H,10H2. The highest BCUT2D eigenvalue weighted by Gasteiger charge is 2.01. The molecule has 0 saturated carbocycles. The number of benzene rings is 1. The highest BCUT2D eigenvalue weighted by Crippen LogP contribution is 2.31. The maximum absolute atomic E-state index is 5.73. The van der Waals surface area contributed by atoms with Crippen LogP contribution in [0.15, 0.2) is 21.1 Å².